The molecular formula is C28H31N3O7S. The Morgan fingerprint density at radius 2 is 1.85 bits per heavy atom. The van der Waals surface area contributed by atoms with E-state index in [9.17, 15) is 24.5 Å². The highest BCUT2D eigenvalue weighted by atomic mass is 32.2. The van der Waals surface area contributed by atoms with Gasteiger partial charge in [-0.25, -0.2) is 4.79 Å². The van der Waals surface area contributed by atoms with Gasteiger partial charge in [0, 0.05) is 24.5 Å². The largest absolute Gasteiger partial charge is 0.456 e. The SMILES string of the molecule is CC.O=C(Cc1ccccc1)NC1C(=O)N2C(C(=O)OCc3ccc([N+](=O)[O-])cc3)=C(C3CCCO3)CSC12. The van der Waals surface area contributed by atoms with Crippen LogP contribution in [0.15, 0.2) is 65.9 Å². The molecule has 0 aliphatic carbocycles. The van der Waals surface area contributed by atoms with E-state index in [1.54, 1.807) is 0 Å². The van der Waals surface area contributed by atoms with Gasteiger partial charge in [-0.15, -0.1) is 11.8 Å². The van der Waals surface area contributed by atoms with Crippen molar-refractivity contribution in [3.8, 4) is 0 Å². The van der Waals surface area contributed by atoms with Crippen LogP contribution in [0.2, 0.25) is 0 Å². The summed E-state index contributed by atoms with van der Waals surface area (Å²) in [5.74, 6) is -0.805. The van der Waals surface area contributed by atoms with Gasteiger partial charge in [0.2, 0.25) is 5.91 Å². The highest BCUT2D eigenvalue weighted by Crippen LogP contribution is 2.43. The predicted molar refractivity (Wildman–Crippen MR) is 145 cm³/mol. The monoisotopic (exact) mass is 553 g/mol. The number of carbonyl (C=O) groups is 3. The van der Waals surface area contributed by atoms with Crippen LogP contribution in [0.3, 0.4) is 0 Å². The van der Waals surface area contributed by atoms with Crippen LogP contribution in [0.5, 0.6) is 0 Å². The molecule has 2 amide bonds. The summed E-state index contributed by atoms with van der Waals surface area (Å²) in [7, 11) is 0. The molecule has 3 aliphatic heterocycles. The fourth-order valence-electron chi connectivity index (χ4n) is 4.67. The molecule has 0 radical (unpaired) electrons. The average Bonchev–Trinajstić information content (AvgIpc) is 3.50. The first-order chi connectivity index (χ1) is 18.9. The van der Waals surface area contributed by atoms with E-state index in [1.165, 1.54) is 40.9 Å². The van der Waals surface area contributed by atoms with Crippen LogP contribution in [0.1, 0.15) is 37.8 Å². The number of non-ortho nitro benzene ring substituents is 1. The lowest BCUT2D eigenvalue weighted by molar-refractivity contribution is -0.384. The first-order valence-electron chi connectivity index (χ1n) is 13.0. The van der Waals surface area contributed by atoms with Crippen molar-refractivity contribution in [3.05, 3.63) is 87.1 Å². The number of rotatable bonds is 8. The summed E-state index contributed by atoms with van der Waals surface area (Å²) in [6.07, 6.45) is 1.50. The molecule has 39 heavy (non-hydrogen) atoms. The number of ether oxygens (including phenoxy) is 2. The molecule has 3 atom stereocenters. The third-order valence-corrected chi connectivity index (χ3v) is 7.85. The zero-order valence-electron chi connectivity index (χ0n) is 21.8. The number of nitrogens with zero attached hydrogens (tertiary/aromatic N) is 2. The third kappa shape index (κ3) is 6.31. The van der Waals surface area contributed by atoms with Gasteiger partial charge in [0.05, 0.1) is 17.4 Å². The highest BCUT2D eigenvalue weighted by molar-refractivity contribution is 8.00. The maximum absolute atomic E-state index is 13.3. The van der Waals surface area contributed by atoms with E-state index in [0.717, 1.165) is 24.0 Å². The Labute approximate surface area is 230 Å². The van der Waals surface area contributed by atoms with Gasteiger partial charge in [-0.2, -0.15) is 0 Å². The fraction of sp³-hybridized carbons (Fsp3) is 0.393. The molecule has 3 unspecified atom stereocenters. The molecule has 2 saturated heterocycles. The lowest BCUT2D eigenvalue weighted by Crippen LogP contribution is -2.71. The molecule has 3 heterocycles. The van der Waals surface area contributed by atoms with Crippen LogP contribution in [-0.4, -0.2) is 57.5 Å². The summed E-state index contributed by atoms with van der Waals surface area (Å²) >= 11 is 1.49. The van der Waals surface area contributed by atoms with Crippen LogP contribution in [0.25, 0.3) is 0 Å². The number of hydrogen-bond donors (Lipinski definition) is 1. The molecule has 11 heteroatoms. The van der Waals surface area contributed by atoms with Gasteiger partial charge in [-0.3, -0.25) is 24.6 Å². The van der Waals surface area contributed by atoms with Gasteiger partial charge in [0.1, 0.15) is 23.7 Å². The minimum absolute atomic E-state index is 0.0582. The Balaban J connectivity index is 0.00000172. The van der Waals surface area contributed by atoms with E-state index in [0.29, 0.717) is 17.9 Å². The van der Waals surface area contributed by atoms with Crippen molar-refractivity contribution in [2.45, 2.75) is 57.2 Å². The molecule has 2 fully saturated rings. The van der Waals surface area contributed by atoms with E-state index in [1.807, 2.05) is 44.2 Å². The van der Waals surface area contributed by atoms with Crippen molar-refractivity contribution in [2.24, 2.45) is 0 Å². The number of carbonyl (C=O) groups excluding carboxylic acids is 3. The van der Waals surface area contributed by atoms with Gasteiger partial charge in [0.25, 0.3) is 11.6 Å². The van der Waals surface area contributed by atoms with E-state index >= 15 is 0 Å². The number of esters is 1. The maximum atomic E-state index is 13.3. The van der Waals surface area contributed by atoms with Crippen LogP contribution < -0.4 is 5.32 Å². The van der Waals surface area contributed by atoms with Crippen molar-refractivity contribution in [2.75, 3.05) is 12.4 Å². The number of nitrogens with one attached hydrogen (secondary N) is 1. The number of β-lactam (4-membered cyclic amide) rings is 1. The summed E-state index contributed by atoms with van der Waals surface area (Å²) in [5.41, 5.74) is 2.26. The molecule has 5 rings (SSSR count). The van der Waals surface area contributed by atoms with Gasteiger partial charge in [-0.1, -0.05) is 44.2 Å². The second-order valence-electron chi connectivity index (χ2n) is 8.99. The Kier molecular flexibility index (Phi) is 9.36. The van der Waals surface area contributed by atoms with Crippen LogP contribution >= 0.6 is 11.8 Å². The summed E-state index contributed by atoms with van der Waals surface area (Å²) < 4.78 is 11.4. The number of fused-ring (bicyclic) bond motifs is 1. The second-order valence-corrected chi connectivity index (χ2v) is 10.1. The summed E-state index contributed by atoms with van der Waals surface area (Å²) in [6.45, 7) is 4.48. The minimum Gasteiger partial charge on any atom is -0.456 e. The Bertz CT molecular complexity index is 1240. The second kappa shape index (κ2) is 12.9. The Morgan fingerprint density at radius 3 is 2.49 bits per heavy atom. The van der Waals surface area contributed by atoms with Gasteiger partial charge < -0.3 is 14.8 Å². The van der Waals surface area contributed by atoms with Crippen molar-refractivity contribution in [3.63, 3.8) is 0 Å². The quantitative estimate of drug-likeness (QED) is 0.227. The van der Waals surface area contributed by atoms with Gasteiger partial charge >= 0.3 is 5.97 Å². The summed E-state index contributed by atoms with van der Waals surface area (Å²) in [5, 5.41) is 13.3. The molecular weight excluding hydrogens is 522 g/mol. The Hall–Kier alpha value is -3.70. The number of hydrogen-bond acceptors (Lipinski definition) is 8. The lowest BCUT2D eigenvalue weighted by atomic mass is 9.99. The zero-order chi connectivity index (χ0) is 27.9. The number of nitro benzene ring substituents is 1. The maximum Gasteiger partial charge on any atom is 0.355 e. The van der Waals surface area contributed by atoms with Gasteiger partial charge in [-0.05, 0) is 41.7 Å². The highest BCUT2D eigenvalue weighted by Gasteiger charge is 2.55. The molecule has 2 aromatic rings. The molecule has 206 valence electrons. The number of nitro groups is 1. The zero-order valence-corrected chi connectivity index (χ0v) is 22.6. The topological polar surface area (TPSA) is 128 Å². The Morgan fingerprint density at radius 1 is 1.13 bits per heavy atom. The van der Waals surface area contributed by atoms with E-state index in [2.05, 4.69) is 5.32 Å². The normalized spacial score (nSPS) is 21.7. The fourth-order valence-corrected chi connectivity index (χ4v) is 6.08. The minimum atomic E-state index is -0.732. The molecule has 1 N–H and O–H groups in total. The summed E-state index contributed by atoms with van der Waals surface area (Å²) in [6, 6.07) is 14.3. The number of amides is 2. The predicted octanol–water partition coefficient (Wildman–Crippen LogP) is 3.74. The van der Waals surface area contributed by atoms with Crippen LogP contribution in [0, 0.1) is 10.1 Å². The van der Waals surface area contributed by atoms with Crippen LogP contribution in [-0.2, 0) is 36.9 Å². The number of benzene rings is 2. The van der Waals surface area contributed by atoms with Crippen molar-refractivity contribution >= 4 is 35.2 Å². The van der Waals surface area contributed by atoms with Crippen molar-refractivity contribution in [1.82, 2.24) is 10.2 Å². The van der Waals surface area contributed by atoms with Crippen molar-refractivity contribution in [1.29, 1.82) is 0 Å². The standard InChI is InChI=1S/C26H25N3O7S.C2H6/c30-21(13-16-5-2-1-3-6-16)27-22-24(31)28-23(19(15-37-25(22)28)20-7-4-12-35-20)26(32)36-14-17-8-10-18(11-9-17)29(33)34;1-2/h1-3,5-6,8-11,20,22,25H,4,7,12-15H2,(H,27,30);1-2H3. The molecule has 10 nitrogen and oxygen atoms in total. The van der Waals surface area contributed by atoms with Crippen LogP contribution in [0.4, 0.5) is 5.69 Å². The molecule has 0 spiro atoms. The first kappa shape index (κ1) is 28.3. The van der Waals surface area contributed by atoms with E-state index in [-0.39, 0.29) is 42.3 Å². The molecule has 0 bridgehead atoms. The van der Waals surface area contributed by atoms with Gasteiger partial charge in [0.15, 0.2) is 0 Å². The third-order valence-electron chi connectivity index (χ3n) is 6.55. The molecule has 3 aliphatic rings. The first-order valence-corrected chi connectivity index (χ1v) is 14.0. The average molecular weight is 554 g/mol. The van der Waals surface area contributed by atoms with E-state index < -0.39 is 22.3 Å². The smallest absolute Gasteiger partial charge is 0.355 e. The van der Waals surface area contributed by atoms with E-state index in [4.69, 9.17) is 9.47 Å². The lowest BCUT2D eigenvalue weighted by Gasteiger charge is -2.50. The summed E-state index contributed by atoms with van der Waals surface area (Å²) in [4.78, 5) is 50.8. The molecule has 0 saturated carbocycles. The molecule has 0 aromatic heterocycles. The molecule has 2 aromatic carbocycles. The number of thioether (sulfide) groups is 1. The van der Waals surface area contributed by atoms with Crippen molar-refractivity contribution < 1.29 is 28.8 Å².